The minimum atomic E-state index is -0.470. The molecular weight excluding hydrogens is 427 g/mol. The van der Waals surface area contributed by atoms with Crippen molar-refractivity contribution in [2.75, 3.05) is 30.0 Å². The zero-order valence-corrected chi connectivity index (χ0v) is 17.8. The van der Waals surface area contributed by atoms with E-state index in [1.165, 1.54) is 35.2 Å². The summed E-state index contributed by atoms with van der Waals surface area (Å²) in [7, 11) is 0. The molecule has 1 N–H and O–H groups in total. The van der Waals surface area contributed by atoms with Crippen LogP contribution in [0.2, 0.25) is 0 Å². The van der Waals surface area contributed by atoms with E-state index in [0.717, 1.165) is 5.56 Å². The summed E-state index contributed by atoms with van der Waals surface area (Å²) in [6.07, 6.45) is 0. The summed E-state index contributed by atoms with van der Waals surface area (Å²) in [5.74, 6) is -0.624. The van der Waals surface area contributed by atoms with Gasteiger partial charge in [-0.3, -0.25) is 19.3 Å². The number of rotatable bonds is 7. The Hall–Kier alpha value is -4.20. The number of benzene rings is 3. The van der Waals surface area contributed by atoms with Gasteiger partial charge in [-0.25, -0.2) is 4.39 Å². The van der Waals surface area contributed by atoms with Crippen molar-refractivity contribution in [1.82, 2.24) is 0 Å². The molecular formula is C25H21FN2O5. The third-order valence-corrected chi connectivity index (χ3v) is 5.01. The van der Waals surface area contributed by atoms with Crippen molar-refractivity contribution >= 4 is 29.0 Å². The molecule has 1 aliphatic heterocycles. The van der Waals surface area contributed by atoms with Crippen molar-refractivity contribution in [1.29, 1.82) is 0 Å². The molecule has 0 unspecified atom stereocenters. The van der Waals surface area contributed by atoms with Crippen molar-refractivity contribution in [2.24, 2.45) is 0 Å². The third kappa shape index (κ3) is 5.35. The molecule has 3 aromatic rings. The van der Waals surface area contributed by atoms with Crippen LogP contribution in [0.4, 0.5) is 15.8 Å². The van der Waals surface area contributed by atoms with Crippen molar-refractivity contribution in [3.8, 4) is 11.5 Å². The Morgan fingerprint density at radius 2 is 1.88 bits per heavy atom. The highest BCUT2D eigenvalue weighted by molar-refractivity contribution is 6.06. The summed E-state index contributed by atoms with van der Waals surface area (Å²) in [6, 6.07) is 17.3. The molecule has 4 rings (SSSR count). The van der Waals surface area contributed by atoms with Gasteiger partial charge in [0.05, 0.1) is 5.69 Å². The largest absolute Gasteiger partial charge is 0.485 e. The van der Waals surface area contributed by atoms with E-state index in [-0.39, 0.29) is 25.5 Å². The van der Waals surface area contributed by atoms with Gasteiger partial charge in [-0.2, -0.15) is 0 Å². The summed E-state index contributed by atoms with van der Waals surface area (Å²) in [5.41, 5.74) is 2.06. The first-order valence-electron chi connectivity index (χ1n) is 10.2. The lowest BCUT2D eigenvalue weighted by molar-refractivity contribution is -0.123. The first kappa shape index (κ1) is 22.0. The fourth-order valence-electron chi connectivity index (χ4n) is 3.36. The van der Waals surface area contributed by atoms with E-state index in [1.54, 1.807) is 18.2 Å². The van der Waals surface area contributed by atoms with Gasteiger partial charge in [-0.1, -0.05) is 12.1 Å². The van der Waals surface area contributed by atoms with Gasteiger partial charge >= 0.3 is 0 Å². The Morgan fingerprint density at radius 1 is 1.09 bits per heavy atom. The molecule has 0 fully saturated rings. The van der Waals surface area contributed by atoms with E-state index in [4.69, 9.17) is 9.47 Å². The lowest BCUT2D eigenvalue weighted by Gasteiger charge is -2.29. The zero-order valence-electron chi connectivity index (χ0n) is 17.8. The number of Topliss-reactive ketones (excluding diaryl/α,β-unsaturated/α-hetero) is 1. The van der Waals surface area contributed by atoms with E-state index >= 15 is 0 Å². The van der Waals surface area contributed by atoms with Crippen molar-refractivity contribution in [2.45, 2.75) is 6.92 Å². The molecule has 7 nitrogen and oxygen atoms in total. The molecule has 0 aromatic heterocycles. The fraction of sp³-hybridized carbons (Fsp3) is 0.160. The molecule has 0 atom stereocenters. The Balaban J connectivity index is 1.48. The topological polar surface area (TPSA) is 84.9 Å². The second-order valence-electron chi connectivity index (χ2n) is 7.53. The fourth-order valence-corrected chi connectivity index (χ4v) is 3.36. The number of nitrogens with zero attached hydrogens (tertiary/aromatic N) is 1. The van der Waals surface area contributed by atoms with Crippen LogP contribution in [0.15, 0.2) is 66.7 Å². The third-order valence-electron chi connectivity index (χ3n) is 5.01. The van der Waals surface area contributed by atoms with Gasteiger partial charge in [0.25, 0.3) is 5.91 Å². The number of ketones is 1. The van der Waals surface area contributed by atoms with Crippen LogP contribution in [0.3, 0.4) is 0 Å². The molecule has 2 amide bonds. The lowest BCUT2D eigenvalue weighted by atomic mass is 10.1. The summed E-state index contributed by atoms with van der Waals surface area (Å²) < 4.78 is 24.1. The Bertz CT molecular complexity index is 1210. The molecule has 1 aliphatic rings. The van der Waals surface area contributed by atoms with Gasteiger partial charge in [-0.05, 0) is 67.1 Å². The highest BCUT2D eigenvalue weighted by Gasteiger charge is 2.28. The highest BCUT2D eigenvalue weighted by atomic mass is 19.1. The average molecular weight is 448 g/mol. The molecule has 0 radical (unpaired) electrons. The number of carbonyl (C=O) groups excluding carboxylic acids is 3. The Morgan fingerprint density at radius 3 is 2.64 bits per heavy atom. The van der Waals surface area contributed by atoms with Crippen molar-refractivity contribution in [3.05, 3.63) is 83.7 Å². The predicted octanol–water partition coefficient (Wildman–Crippen LogP) is 3.76. The number of aryl methyl sites for hydroxylation is 1. The average Bonchev–Trinajstić information content (AvgIpc) is 2.80. The van der Waals surface area contributed by atoms with E-state index in [0.29, 0.717) is 28.4 Å². The molecule has 168 valence electrons. The first-order valence-corrected chi connectivity index (χ1v) is 10.2. The maximum absolute atomic E-state index is 13.1. The van der Waals surface area contributed by atoms with Crippen molar-refractivity contribution in [3.63, 3.8) is 0 Å². The van der Waals surface area contributed by atoms with Crippen LogP contribution in [-0.2, 0) is 9.59 Å². The Labute approximate surface area is 189 Å². The second-order valence-corrected chi connectivity index (χ2v) is 7.53. The standard InChI is InChI=1S/C25H21FN2O5/c1-16-3-2-4-20(11-16)32-14-22(29)17-5-10-23-21(12-17)28(25(31)15-33-23)13-24(30)27-19-8-6-18(26)7-9-19/h2-12H,13-15H2,1H3,(H,27,30). The van der Waals surface area contributed by atoms with Crippen LogP contribution in [0.5, 0.6) is 11.5 Å². The number of hydrogen-bond acceptors (Lipinski definition) is 5. The zero-order chi connectivity index (χ0) is 23.4. The van der Waals surface area contributed by atoms with Gasteiger partial charge in [-0.15, -0.1) is 0 Å². The number of anilines is 2. The normalized spacial score (nSPS) is 12.5. The molecule has 0 saturated carbocycles. The summed E-state index contributed by atoms with van der Waals surface area (Å²) in [6.45, 7) is 1.24. The van der Waals surface area contributed by atoms with Crippen LogP contribution in [0, 0.1) is 12.7 Å². The number of ether oxygens (including phenoxy) is 2. The molecule has 8 heteroatoms. The van der Waals surface area contributed by atoms with E-state index in [2.05, 4.69) is 5.32 Å². The van der Waals surface area contributed by atoms with Crippen LogP contribution >= 0.6 is 0 Å². The van der Waals surface area contributed by atoms with Crippen LogP contribution < -0.4 is 19.7 Å². The Kier molecular flexibility index (Phi) is 6.35. The molecule has 0 bridgehead atoms. The summed E-state index contributed by atoms with van der Waals surface area (Å²) >= 11 is 0. The highest BCUT2D eigenvalue weighted by Crippen LogP contribution is 2.33. The molecule has 33 heavy (non-hydrogen) atoms. The molecule has 1 heterocycles. The maximum Gasteiger partial charge on any atom is 0.265 e. The molecule has 0 aliphatic carbocycles. The van der Waals surface area contributed by atoms with E-state index < -0.39 is 17.6 Å². The first-order chi connectivity index (χ1) is 15.9. The number of fused-ring (bicyclic) bond motifs is 1. The summed E-state index contributed by atoms with van der Waals surface area (Å²) in [5, 5.41) is 2.62. The van der Waals surface area contributed by atoms with Crippen LogP contribution in [-0.4, -0.2) is 37.4 Å². The van der Waals surface area contributed by atoms with Gasteiger partial charge in [0, 0.05) is 11.3 Å². The minimum absolute atomic E-state index is 0.178. The molecule has 0 saturated heterocycles. The van der Waals surface area contributed by atoms with Crippen molar-refractivity contribution < 1.29 is 28.2 Å². The van der Waals surface area contributed by atoms with Gasteiger partial charge < -0.3 is 14.8 Å². The molecule has 0 spiro atoms. The predicted molar refractivity (Wildman–Crippen MR) is 120 cm³/mol. The lowest BCUT2D eigenvalue weighted by Crippen LogP contribution is -2.43. The quantitative estimate of drug-likeness (QED) is 0.557. The van der Waals surface area contributed by atoms with Crippen LogP contribution in [0.25, 0.3) is 0 Å². The summed E-state index contributed by atoms with van der Waals surface area (Å²) in [4.78, 5) is 38.9. The number of hydrogen-bond donors (Lipinski definition) is 1. The van der Waals surface area contributed by atoms with Crippen LogP contribution in [0.1, 0.15) is 15.9 Å². The van der Waals surface area contributed by atoms with E-state index in [1.807, 2.05) is 25.1 Å². The maximum atomic E-state index is 13.1. The second kappa shape index (κ2) is 9.52. The van der Waals surface area contributed by atoms with Gasteiger partial charge in [0.15, 0.2) is 19.0 Å². The minimum Gasteiger partial charge on any atom is -0.485 e. The number of carbonyl (C=O) groups is 3. The number of halogens is 1. The smallest absolute Gasteiger partial charge is 0.265 e. The van der Waals surface area contributed by atoms with Gasteiger partial charge in [0.2, 0.25) is 5.91 Å². The number of nitrogens with one attached hydrogen (secondary N) is 1. The monoisotopic (exact) mass is 448 g/mol. The van der Waals surface area contributed by atoms with Gasteiger partial charge in [0.1, 0.15) is 23.9 Å². The molecule has 3 aromatic carbocycles. The SMILES string of the molecule is Cc1cccc(OCC(=O)c2ccc3c(c2)N(CC(=O)Nc2ccc(F)cc2)C(=O)CO3)c1. The number of amides is 2. The van der Waals surface area contributed by atoms with E-state index in [9.17, 15) is 18.8 Å².